The molecule has 2 heterocycles. The van der Waals surface area contributed by atoms with Crippen molar-refractivity contribution in [2.24, 2.45) is 7.05 Å². The van der Waals surface area contributed by atoms with Crippen molar-refractivity contribution in [2.45, 2.75) is 19.4 Å². The average Bonchev–Trinajstić information content (AvgIpc) is 3.04. The van der Waals surface area contributed by atoms with Crippen LogP contribution >= 0.6 is 11.3 Å². The Kier molecular flexibility index (Phi) is 3.80. The van der Waals surface area contributed by atoms with Gasteiger partial charge in [-0.1, -0.05) is 18.2 Å². The molecule has 0 aliphatic heterocycles. The molecule has 1 unspecified atom stereocenters. The van der Waals surface area contributed by atoms with Crippen molar-refractivity contribution >= 4 is 21.4 Å². The molecule has 1 aromatic carbocycles. The maximum absolute atomic E-state index is 4.28. The van der Waals surface area contributed by atoms with E-state index in [4.69, 9.17) is 0 Å². The van der Waals surface area contributed by atoms with E-state index in [2.05, 4.69) is 52.7 Å². The van der Waals surface area contributed by atoms with Gasteiger partial charge in [0.15, 0.2) is 5.82 Å². The number of hydrogen-bond donors (Lipinski definition) is 1. The fraction of sp³-hybridized carbons (Fsp3) is 0.333. The van der Waals surface area contributed by atoms with Crippen molar-refractivity contribution in [2.75, 3.05) is 6.54 Å². The first-order valence-corrected chi connectivity index (χ1v) is 7.60. The average molecular weight is 286 g/mol. The molecule has 0 saturated heterocycles. The van der Waals surface area contributed by atoms with Gasteiger partial charge >= 0.3 is 0 Å². The maximum atomic E-state index is 4.28. The second-order valence-corrected chi connectivity index (χ2v) is 6.06. The van der Waals surface area contributed by atoms with Gasteiger partial charge in [-0.15, -0.1) is 11.3 Å². The van der Waals surface area contributed by atoms with E-state index >= 15 is 0 Å². The molecule has 0 spiro atoms. The van der Waals surface area contributed by atoms with Gasteiger partial charge in [-0.25, -0.2) is 4.98 Å². The van der Waals surface area contributed by atoms with Gasteiger partial charge in [-0.05, 0) is 24.4 Å². The smallest absolute Gasteiger partial charge is 0.151 e. The van der Waals surface area contributed by atoms with E-state index in [1.54, 1.807) is 11.0 Å². The second kappa shape index (κ2) is 5.73. The number of aryl methyl sites for hydroxylation is 1. The zero-order chi connectivity index (χ0) is 13.9. The standard InChI is InChI=1S/C15H18N4S/c1-11(16-8-7-15-17-10-19(2)18-15)14-9-12-5-3-4-6-13(12)20-14/h3-6,9-11,16H,7-8H2,1-2H3. The van der Waals surface area contributed by atoms with Crippen LogP contribution in [0.1, 0.15) is 23.7 Å². The van der Waals surface area contributed by atoms with Gasteiger partial charge in [0.05, 0.1) is 0 Å². The second-order valence-electron chi connectivity index (χ2n) is 4.95. The first kappa shape index (κ1) is 13.3. The molecular weight excluding hydrogens is 268 g/mol. The molecule has 1 atom stereocenters. The summed E-state index contributed by atoms with van der Waals surface area (Å²) in [7, 11) is 1.89. The molecule has 3 aromatic rings. The van der Waals surface area contributed by atoms with Gasteiger partial charge in [0.2, 0.25) is 0 Å². The van der Waals surface area contributed by atoms with Gasteiger partial charge in [0.1, 0.15) is 6.33 Å². The lowest BCUT2D eigenvalue weighted by atomic mass is 10.2. The summed E-state index contributed by atoms with van der Waals surface area (Å²) in [5.41, 5.74) is 0. The Hall–Kier alpha value is -1.72. The minimum atomic E-state index is 0.358. The molecule has 0 bridgehead atoms. The van der Waals surface area contributed by atoms with Gasteiger partial charge < -0.3 is 5.32 Å². The summed E-state index contributed by atoms with van der Waals surface area (Å²) in [5, 5.41) is 9.15. The zero-order valence-corrected chi connectivity index (χ0v) is 12.5. The lowest BCUT2D eigenvalue weighted by Gasteiger charge is -2.10. The van der Waals surface area contributed by atoms with E-state index in [1.807, 2.05) is 18.4 Å². The van der Waals surface area contributed by atoms with E-state index in [1.165, 1.54) is 15.0 Å². The van der Waals surface area contributed by atoms with Crippen molar-refractivity contribution in [3.8, 4) is 0 Å². The summed E-state index contributed by atoms with van der Waals surface area (Å²) in [4.78, 5) is 5.61. The molecule has 5 heteroatoms. The van der Waals surface area contributed by atoms with E-state index in [9.17, 15) is 0 Å². The minimum Gasteiger partial charge on any atom is -0.309 e. The van der Waals surface area contributed by atoms with E-state index in [0.29, 0.717) is 6.04 Å². The topological polar surface area (TPSA) is 42.7 Å². The molecular formula is C15H18N4S. The fourth-order valence-corrected chi connectivity index (χ4v) is 3.31. The summed E-state index contributed by atoms with van der Waals surface area (Å²) in [6, 6.07) is 11.2. The van der Waals surface area contributed by atoms with Crippen LogP contribution in [-0.4, -0.2) is 21.3 Å². The van der Waals surface area contributed by atoms with Crippen molar-refractivity contribution in [1.82, 2.24) is 20.1 Å². The van der Waals surface area contributed by atoms with Gasteiger partial charge in [-0.2, -0.15) is 5.10 Å². The molecule has 0 aliphatic rings. The number of thiophene rings is 1. The molecule has 0 aliphatic carbocycles. The Morgan fingerprint density at radius 1 is 1.35 bits per heavy atom. The van der Waals surface area contributed by atoms with Crippen LogP contribution in [0, 0.1) is 0 Å². The minimum absolute atomic E-state index is 0.358. The summed E-state index contributed by atoms with van der Waals surface area (Å²) in [5.74, 6) is 0.892. The largest absolute Gasteiger partial charge is 0.309 e. The number of aromatic nitrogens is 3. The predicted molar refractivity (Wildman–Crippen MR) is 82.9 cm³/mol. The van der Waals surface area contributed by atoms with Crippen molar-refractivity contribution in [3.63, 3.8) is 0 Å². The molecule has 104 valence electrons. The number of hydrogen-bond acceptors (Lipinski definition) is 4. The van der Waals surface area contributed by atoms with Gasteiger partial charge in [0, 0.05) is 35.6 Å². The Balaban J connectivity index is 1.59. The number of benzene rings is 1. The summed E-state index contributed by atoms with van der Waals surface area (Å²) in [6.07, 6.45) is 2.60. The quantitative estimate of drug-likeness (QED) is 0.784. The Morgan fingerprint density at radius 3 is 2.95 bits per heavy atom. The molecule has 1 N–H and O–H groups in total. The predicted octanol–water partition coefficient (Wildman–Crippen LogP) is 2.92. The molecule has 0 fully saturated rings. The maximum Gasteiger partial charge on any atom is 0.151 e. The first-order valence-electron chi connectivity index (χ1n) is 6.79. The van der Waals surface area contributed by atoms with Crippen LogP contribution in [0.2, 0.25) is 0 Å². The van der Waals surface area contributed by atoms with E-state index < -0.39 is 0 Å². The Bertz CT molecular complexity index is 668. The number of nitrogens with zero attached hydrogens (tertiary/aromatic N) is 3. The van der Waals surface area contributed by atoms with Crippen molar-refractivity contribution in [3.05, 3.63) is 47.4 Å². The fourth-order valence-electron chi connectivity index (χ4n) is 2.22. The highest BCUT2D eigenvalue weighted by molar-refractivity contribution is 7.19. The van der Waals surface area contributed by atoms with E-state index in [0.717, 1.165) is 18.8 Å². The monoisotopic (exact) mass is 286 g/mol. The third kappa shape index (κ3) is 2.89. The Labute approximate surface area is 122 Å². The molecule has 3 rings (SSSR count). The third-order valence-electron chi connectivity index (χ3n) is 3.32. The molecule has 0 amide bonds. The lowest BCUT2D eigenvalue weighted by Crippen LogP contribution is -2.21. The summed E-state index contributed by atoms with van der Waals surface area (Å²) in [6.45, 7) is 3.09. The van der Waals surface area contributed by atoms with Crippen LogP contribution in [0.25, 0.3) is 10.1 Å². The molecule has 4 nitrogen and oxygen atoms in total. The molecule has 0 saturated carbocycles. The van der Waals surface area contributed by atoms with Crippen LogP contribution in [-0.2, 0) is 13.5 Å². The van der Waals surface area contributed by atoms with E-state index in [-0.39, 0.29) is 0 Å². The highest BCUT2D eigenvalue weighted by Crippen LogP contribution is 2.29. The Morgan fingerprint density at radius 2 is 2.20 bits per heavy atom. The van der Waals surface area contributed by atoms with Crippen LogP contribution in [0.4, 0.5) is 0 Å². The lowest BCUT2D eigenvalue weighted by molar-refractivity contribution is 0.576. The van der Waals surface area contributed by atoms with Crippen LogP contribution in [0.5, 0.6) is 0 Å². The van der Waals surface area contributed by atoms with Crippen molar-refractivity contribution < 1.29 is 0 Å². The zero-order valence-electron chi connectivity index (χ0n) is 11.7. The number of rotatable bonds is 5. The van der Waals surface area contributed by atoms with Crippen LogP contribution < -0.4 is 5.32 Å². The number of fused-ring (bicyclic) bond motifs is 1. The molecule has 2 aromatic heterocycles. The van der Waals surface area contributed by atoms with Crippen molar-refractivity contribution in [1.29, 1.82) is 0 Å². The number of nitrogens with one attached hydrogen (secondary N) is 1. The normalized spacial score (nSPS) is 12.9. The summed E-state index contributed by atoms with van der Waals surface area (Å²) >= 11 is 1.86. The van der Waals surface area contributed by atoms with Gasteiger partial charge in [-0.3, -0.25) is 4.68 Å². The highest BCUT2D eigenvalue weighted by atomic mass is 32.1. The molecule has 0 radical (unpaired) electrons. The summed E-state index contributed by atoms with van der Waals surface area (Å²) < 4.78 is 3.09. The van der Waals surface area contributed by atoms with Crippen LogP contribution in [0.15, 0.2) is 36.7 Å². The van der Waals surface area contributed by atoms with Crippen LogP contribution in [0.3, 0.4) is 0 Å². The highest BCUT2D eigenvalue weighted by Gasteiger charge is 2.09. The SMILES string of the molecule is CC(NCCc1ncn(C)n1)c1cc2ccccc2s1. The van der Waals surface area contributed by atoms with Gasteiger partial charge in [0.25, 0.3) is 0 Å². The molecule has 20 heavy (non-hydrogen) atoms. The first-order chi connectivity index (χ1) is 9.72. The third-order valence-corrected chi connectivity index (χ3v) is 4.62.